The van der Waals surface area contributed by atoms with Crippen molar-refractivity contribution in [2.75, 3.05) is 46.4 Å². The van der Waals surface area contributed by atoms with Gasteiger partial charge in [-0.25, -0.2) is 4.98 Å². The fourth-order valence-corrected chi connectivity index (χ4v) is 3.23. The van der Waals surface area contributed by atoms with Crippen LogP contribution in [0.3, 0.4) is 0 Å². The Morgan fingerprint density at radius 1 is 1.35 bits per heavy atom. The molecular weight excluding hydrogens is 310 g/mol. The van der Waals surface area contributed by atoms with Crippen molar-refractivity contribution in [3.63, 3.8) is 0 Å². The molecule has 1 aliphatic rings. The zero-order chi connectivity index (χ0) is 16.7. The summed E-state index contributed by atoms with van der Waals surface area (Å²) in [5.74, 6) is 0.825. The fraction of sp³-hybridized carbons (Fsp3) is 0.750. The molecule has 0 amide bonds. The quantitative estimate of drug-likeness (QED) is 0.628. The van der Waals surface area contributed by atoms with Crippen LogP contribution in [-0.4, -0.2) is 62.3 Å². The number of rotatable bonds is 5. The highest BCUT2D eigenvalue weighted by molar-refractivity contribution is 7.09. The summed E-state index contributed by atoms with van der Waals surface area (Å²) in [6, 6.07) is 0. The van der Waals surface area contributed by atoms with Gasteiger partial charge in [-0.05, 0) is 0 Å². The van der Waals surface area contributed by atoms with Crippen LogP contribution in [0.15, 0.2) is 10.4 Å². The van der Waals surface area contributed by atoms with Gasteiger partial charge in [0.25, 0.3) is 0 Å². The first-order valence-electron chi connectivity index (χ1n) is 8.18. The number of hydrogen-bond donors (Lipinski definition) is 2. The lowest BCUT2D eigenvalue weighted by Gasteiger charge is -2.26. The molecule has 0 saturated carbocycles. The minimum absolute atomic E-state index is 0.104. The van der Waals surface area contributed by atoms with E-state index in [4.69, 9.17) is 9.72 Å². The molecule has 6 nitrogen and oxygen atoms in total. The molecule has 0 unspecified atom stereocenters. The number of thiazole rings is 1. The number of nitrogens with one attached hydrogen (secondary N) is 2. The second-order valence-corrected chi connectivity index (χ2v) is 7.63. The minimum Gasteiger partial charge on any atom is -0.379 e. The summed E-state index contributed by atoms with van der Waals surface area (Å²) in [7, 11) is 1.80. The van der Waals surface area contributed by atoms with Crippen molar-refractivity contribution in [3.8, 4) is 0 Å². The van der Waals surface area contributed by atoms with Crippen molar-refractivity contribution in [1.29, 1.82) is 0 Å². The Kier molecular flexibility index (Phi) is 6.80. The molecule has 7 heteroatoms. The number of aliphatic imine (C=N–C) groups is 1. The Bertz CT molecular complexity index is 503. The molecule has 0 bridgehead atoms. The van der Waals surface area contributed by atoms with Crippen molar-refractivity contribution in [2.24, 2.45) is 4.99 Å². The molecule has 0 radical (unpaired) electrons. The Morgan fingerprint density at radius 3 is 2.70 bits per heavy atom. The number of hydrogen-bond acceptors (Lipinski definition) is 5. The smallest absolute Gasteiger partial charge is 0.191 e. The van der Waals surface area contributed by atoms with Gasteiger partial charge >= 0.3 is 0 Å². The average Bonchev–Trinajstić information content (AvgIpc) is 3.01. The lowest BCUT2D eigenvalue weighted by molar-refractivity contribution is 0.0389. The molecule has 0 aliphatic carbocycles. The van der Waals surface area contributed by atoms with Crippen LogP contribution in [0.2, 0.25) is 0 Å². The van der Waals surface area contributed by atoms with Gasteiger partial charge in [0, 0.05) is 44.0 Å². The van der Waals surface area contributed by atoms with Crippen molar-refractivity contribution < 1.29 is 4.74 Å². The van der Waals surface area contributed by atoms with Crippen LogP contribution in [0.4, 0.5) is 0 Å². The molecule has 1 aliphatic heterocycles. The first-order valence-corrected chi connectivity index (χ1v) is 9.06. The highest BCUT2D eigenvalue weighted by Crippen LogP contribution is 2.23. The second-order valence-electron chi connectivity index (χ2n) is 6.68. The number of ether oxygens (including phenoxy) is 1. The standard InChI is InChI=1S/C16H29N5OS/c1-16(2,3)13-12-23-14(20-13)11-19-15(17-4)18-5-6-21-7-9-22-10-8-21/h12H,5-11H2,1-4H3,(H2,17,18,19). The third-order valence-corrected chi connectivity index (χ3v) is 4.62. The summed E-state index contributed by atoms with van der Waals surface area (Å²) in [5.41, 5.74) is 1.25. The predicted molar refractivity (Wildman–Crippen MR) is 96.3 cm³/mol. The Hall–Kier alpha value is -1.18. The summed E-state index contributed by atoms with van der Waals surface area (Å²) in [5, 5.41) is 9.92. The Balaban J connectivity index is 1.71. The van der Waals surface area contributed by atoms with Gasteiger partial charge in [0.05, 0.1) is 25.5 Å². The molecule has 1 aromatic heterocycles. The van der Waals surface area contributed by atoms with Crippen molar-refractivity contribution in [1.82, 2.24) is 20.5 Å². The van der Waals surface area contributed by atoms with Gasteiger partial charge in [0.2, 0.25) is 0 Å². The Morgan fingerprint density at radius 2 is 2.09 bits per heavy atom. The largest absolute Gasteiger partial charge is 0.379 e. The van der Waals surface area contributed by atoms with E-state index in [-0.39, 0.29) is 5.41 Å². The topological polar surface area (TPSA) is 61.8 Å². The summed E-state index contributed by atoms with van der Waals surface area (Å²) in [6.45, 7) is 12.9. The number of nitrogens with zero attached hydrogens (tertiary/aromatic N) is 3. The lowest BCUT2D eigenvalue weighted by Crippen LogP contribution is -2.44. The van der Waals surface area contributed by atoms with E-state index in [1.807, 2.05) is 0 Å². The van der Waals surface area contributed by atoms with Crippen LogP contribution >= 0.6 is 11.3 Å². The van der Waals surface area contributed by atoms with E-state index in [9.17, 15) is 0 Å². The summed E-state index contributed by atoms with van der Waals surface area (Å²) in [6.07, 6.45) is 0. The van der Waals surface area contributed by atoms with E-state index in [0.717, 1.165) is 56.1 Å². The third kappa shape index (κ3) is 6.08. The average molecular weight is 340 g/mol. The molecule has 0 aromatic carbocycles. The zero-order valence-electron chi connectivity index (χ0n) is 14.7. The van der Waals surface area contributed by atoms with Gasteiger partial charge in [-0.2, -0.15) is 0 Å². The zero-order valence-corrected chi connectivity index (χ0v) is 15.5. The molecule has 1 aromatic rings. The number of aromatic nitrogens is 1. The lowest BCUT2D eigenvalue weighted by atomic mass is 9.93. The summed E-state index contributed by atoms with van der Waals surface area (Å²) in [4.78, 5) is 11.4. The van der Waals surface area contributed by atoms with Crippen LogP contribution in [0.25, 0.3) is 0 Å². The minimum atomic E-state index is 0.104. The first-order chi connectivity index (χ1) is 11.0. The Labute approximate surface area is 143 Å². The molecule has 23 heavy (non-hydrogen) atoms. The van der Waals surface area contributed by atoms with Crippen molar-refractivity contribution in [2.45, 2.75) is 32.7 Å². The highest BCUT2D eigenvalue weighted by atomic mass is 32.1. The van der Waals surface area contributed by atoms with Crippen LogP contribution in [0, 0.1) is 0 Å². The van der Waals surface area contributed by atoms with Crippen LogP contribution in [0.1, 0.15) is 31.5 Å². The van der Waals surface area contributed by atoms with E-state index in [0.29, 0.717) is 6.54 Å². The molecule has 130 valence electrons. The SMILES string of the molecule is CN=C(NCCN1CCOCC1)NCc1nc(C(C)(C)C)cs1. The summed E-state index contributed by atoms with van der Waals surface area (Å²) >= 11 is 1.70. The van der Waals surface area contributed by atoms with E-state index in [2.05, 4.69) is 46.7 Å². The van der Waals surface area contributed by atoms with E-state index in [1.54, 1.807) is 18.4 Å². The number of guanidine groups is 1. The first kappa shape index (κ1) is 18.2. The molecule has 2 heterocycles. The predicted octanol–water partition coefficient (Wildman–Crippen LogP) is 1.44. The van der Waals surface area contributed by atoms with Gasteiger partial charge < -0.3 is 15.4 Å². The highest BCUT2D eigenvalue weighted by Gasteiger charge is 2.17. The maximum absolute atomic E-state index is 5.36. The second kappa shape index (κ2) is 8.61. The van der Waals surface area contributed by atoms with Crippen LogP contribution in [0.5, 0.6) is 0 Å². The van der Waals surface area contributed by atoms with Gasteiger partial charge in [-0.15, -0.1) is 11.3 Å². The van der Waals surface area contributed by atoms with E-state index >= 15 is 0 Å². The molecule has 1 saturated heterocycles. The van der Waals surface area contributed by atoms with E-state index < -0.39 is 0 Å². The molecule has 0 atom stereocenters. The maximum Gasteiger partial charge on any atom is 0.191 e. The van der Waals surface area contributed by atoms with Gasteiger partial charge in [0.15, 0.2) is 5.96 Å². The molecule has 0 spiro atoms. The fourth-order valence-electron chi connectivity index (χ4n) is 2.27. The summed E-state index contributed by atoms with van der Waals surface area (Å²) < 4.78 is 5.36. The molecule has 1 fully saturated rings. The van der Waals surface area contributed by atoms with Gasteiger partial charge in [0.1, 0.15) is 5.01 Å². The molecule has 2 N–H and O–H groups in total. The third-order valence-electron chi connectivity index (χ3n) is 3.78. The normalized spacial score (nSPS) is 17.3. The van der Waals surface area contributed by atoms with E-state index in [1.165, 1.54) is 0 Å². The monoisotopic (exact) mass is 339 g/mol. The van der Waals surface area contributed by atoms with Gasteiger partial charge in [-0.1, -0.05) is 20.8 Å². The molecular formula is C16H29N5OS. The van der Waals surface area contributed by atoms with Crippen molar-refractivity contribution in [3.05, 3.63) is 16.1 Å². The van der Waals surface area contributed by atoms with Crippen LogP contribution < -0.4 is 10.6 Å². The van der Waals surface area contributed by atoms with Gasteiger partial charge in [-0.3, -0.25) is 9.89 Å². The molecule has 2 rings (SSSR count). The maximum atomic E-state index is 5.36. The number of morpholine rings is 1. The van der Waals surface area contributed by atoms with Crippen LogP contribution in [-0.2, 0) is 16.7 Å². The van der Waals surface area contributed by atoms with Crippen molar-refractivity contribution >= 4 is 17.3 Å².